The van der Waals surface area contributed by atoms with Crippen molar-refractivity contribution in [3.05, 3.63) is 23.3 Å². The third-order valence-electron chi connectivity index (χ3n) is 2.12. The number of benzene rings is 1. The van der Waals surface area contributed by atoms with Gasteiger partial charge in [0, 0.05) is 0 Å². The standard InChI is InChI=1S/C11H14O3/c1-7(2)8-4-9(6-12)11(14-3)10(13)5-8/h4-7,13H,1-3H3. The summed E-state index contributed by atoms with van der Waals surface area (Å²) in [6.07, 6.45) is 0.685. The normalized spacial score (nSPS) is 10.3. The average Bonchev–Trinajstić information content (AvgIpc) is 2.16. The van der Waals surface area contributed by atoms with Crippen LogP contribution < -0.4 is 4.74 Å². The van der Waals surface area contributed by atoms with Crippen molar-refractivity contribution in [3.8, 4) is 11.5 Å². The van der Waals surface area contributed by atoms with Crippen LogP contribution in [0.15, 0.2) is 12.1 Å². The number of hydrogen-bond donors (Lipinski definition) is 1. The maximum atomic E-state index is 10.7. The Labute approximate surface area is 83.3 Å². The van der Waals surface area contributed by atoms with Crippen LogP contribution in [0, 0.1) is 0 Å². The highest BCUT2D eigenvalue weighted by Gasteiger charge is 2.11. The predicted molar refractivity (Wildman–Crippen MR) is 54.1 cm³/mol. The van der Waals surface area contributed by atoms with Crippen LogP contribution in [0.2, 0.25) is 0 Å². The third-order valence-corrected chi connectivity index (χ3v) is 2.12. The molecule has 1 aromatic rings. The van der Waals surface area contributed by atoms with Crippen LogP contribution in [0.3, 0.4) is 0 Å². The number of aldehydes is 1. The minimum absolute atomic E-state index is 0.0146. The molecule has 0 unspecified atom stereocenters. The Morgan fingerprint density at radius 2 is 2.07 bits per heavy atom. The summed E-state index contributed by atoms with van der Waals surface area (Å²) in [5.41, 5.74) is 1.31. The average molecular weight is 194 g/mol. The van der Waals surface area contributed by atoms with E-state index in [0.29, 0.717) is 11.8 Å². The van der Waals surface area contributed by atoms with E-state index in [4.69, 9.17) is 4.74 Å². The molecule has 3 heteroatoms. The molecule has 0 radical (unpaired) electrons. The lowest BCUT2D eigenvalue weighted by molar-refractivity contribution is 0.112. The van der Waals surface area contributed by atoms with Crippen molar-refractivity contribution >= 4 is 6.29 Å². The summed E-state index contributed by atoms with van der Waals surface area (Å²) >= 11 is 0. The largest absolute Gasteiger partial charge is 0.504 e. The van der Waals surface area contributed by atoms with Gasteiger partial charge in [0.05, 0.1) is 12.7 Å². The van der Waals surface area contributed by atoms with Crippen molar-refractivity contribution in [1.82, 2.24) is 0 Å². The molecule has 1 aromatic carbocycles. The van der Waals surface area contributed by atoms with Gasteiger partial charge in [0.1, 0.15) is 0 Å². The van der Waals surface area contributed by atoms with Gasteiger partial charge >= 0.3 is 0 Å². The molecular formula is C11H14O3. The van der Waals surface area contributed by atoms with Gasteiger partial charge < -0.3 is 9.84 Å². The van der Waals surface area contributed by atoms with Gasteiger partial charge in [-0.15, -0.1) is 0 Å². The number of ether oxygens (including phenoxy) is 1. The zero-order valence-corrected chi connectivity index (χ0v) is 8.57. The second-order valence-electron chi connectivity index (χ2n) is 3.44. The molecule has 76 valence electrons. The van der Waals surface area contributed by atoms with E-state index in [1.807, 2.05) is 13.8 Å². The minimum Gasteiger partial charge on any atom is -0.504 e. The molecule has 1 N–H and O–H groups in total. The molecule has 0 bridgehead atoms. The van der Waals surface area contributed by atoms with E-state index in [9.17, 15) is 9.90 Å². The SMILES string of the molecule is COc1c(O)cc(C(C)C)cc1C=O. The maximum Gasteiger partial charge on any atom is 0.170 e. The van der Waals surface area contributed by atoms with Gasteiger partial charge in [-0.25, -0.2) is 0 Å². The summed E-state index contributed by atoms with van der Waals surface area (Å²) in [6.45, 7) is 3.99. The Morgan fingerprint density at radius 1 is 1.43 bits per heavy atom. The number of hydrogen-bond acceptors (Lipinski definition) is 3. The molecule has 0 saturated heterocycles. The quantitative estimate of drug-likeness (QED) is 0.751. The van der Waals surface area contributed by atoms with Crippen molar-refractivity contribution in [2.75, 3.05) is 7.11 Å². The highest BCUT2D eigenvalue weighted by Crippen LogP contribution is 2.32. The number of carbonyl (C=O) groups is 1. The Bertz CT molecular complexity index is 343. The van der Waals surface area contributed by atoms with Crippen molar-refractivity contribution in [2.45, 2.75) is 19.8 Å². The van der Waals surface area contributed by atoms with Gasteiger partial charge in [0.2, 0.25) is 0 Å². The van der Waals surface area contributed by atoms with Gasteiger partial charge in [0.15, 0.2) is 17.8 Å². The molecule has 0 aliphatic rings. The first-order valence-corrected chi connectivity index (χ1v) is 4.46. The number of phenols is 1. The fourth-order valence-corrected chi connectivity index (χ4v) is 1.30. The second kappa shape index (κ2) is 4.13. The molecule has 0 amide bonds. The summed E-state index contributed by atoms with van der Waals surface area (Å²) in [4.78, 5) is 10.7. The fourth-order valence-electron chi connectivity index (χ4n) is 1.30. The molecule has 0 aromatic heterocycles. The minimum atomic E-state index is 0.0146. The van der Waals surface area contributed by atoms with Gasteiger partial charge in [-0.3, -0.25) is 4.79 Å². The van der Waals surface area contributed by atoms with Crippen LogP contribution >= 0.6 is 0 Å². The molecule has 0 heterocycles. The Balaban J connectivity index is 3.31. The van der Waals surface area contributed by atoms with Crippen molar-refractivity contribution in [1.29, 1.82) is 0 Å². The third kappa shape index (κ3) is 1.87. The molecule has 0 fully saturated rings. The number of rotatable bonds is 3. The molecule has 14 heavy (non-hydrogen) atoms. The monoisotopic (exact) mass is 194 g/mol. The molecular weight excluding hydrogens is 180 g/mol. The summed E-state index contributed by atoms with van der Waals surface area (Å²) in [6, 6.07) is 3.35. The van der Waals surface area contributed by atoms with Crippen LogP contribution in [-0.2, 0) is 0 Å². The topological polar surface area (TPSA) is 46.5 Å². The number of carbonyl (C=O) groups excluding carboxylic acids is 1. The smallest absolute Gasteiger partial charge is 0.170 e. The van der Waals surface area contributed by atoms with Crippen LogP contribution in [0.25, 0.3) is 0 Å². The van der Waals surface area contributed by atoms with E-state index in [1.54, 1.807) is 12.1 Å². The molecule has 1 rings (SSSR count). The van der Waals surface area contributed by atoms with Crippen LogP contribution in [0.1, 0.15) is 35.7 Å². The highest BCUT2D eigenvalue weighted by molar-refractivity contribution is 5.81. The first-order valence-electron chi connectivity index (χ1n) is 4.46. The number of aromatic hydroxyl groups is 1. The second-order valence-corrected chi connectivity index (χ2v) is 3.44. The maximum absolute atomic E-state index is 10.7. The van der Waals surface area contributed by atoms with Crippen molar-refractivity contribution in [2.24, 2.45) is 0 Å². The number of methoxy groups -OCH3 is 1. The number of phenolic OH excluding ortho intramolecular Hbond substituents is 1. The van der Waals surface area contributed by atoms with Crippen LogP contribution in [-0.4, -0.2) is 18.5 Å². The first-order chi connectivity index (χ1) is 6.60. The lowest BCUT2D eigenvalue weighted by Gasteiger charge is -2.11. The van der Waals surface area contributed by atoms with Crippen molar-refractivity contribution in [3.63, 3.8) is 0 Å². The van der Waals surface area contributed by atoms with Crippen molar-refractivity contribution < 1.29 is 14.6 Å². The molecule has 0 aliphatic heterocycles. The van der Waals surface area contributed by atoms with Crippen LogP contribution in [0.5, 0.6) is 11.5 Å². The predicted octanol–water partition coefficient (Wildman–Crippen LogP) is 2.34. The molecule has 0 saturated carbocycles. The van der Waals surface area contributed by atoms with E-state index >= 15 is 0 Å². The zero-order valence-electron chi connectivity index (χ0n) is 8.57. The van der Waals surface area contributed by atoms with E-state index in [1.165, 1.54) is 7.11 Å². The zero-order chi connectivity index (χ0) is 10.7. The Morgan fingerprint density at radius 3 is 2.50 bits per heavy atom. The fraction of sp³-hybridized carbons (Fsp3) is 0.364. The lowest BCUT2D eigenvalue weighted by Crippen LogP contribution is -1.95. The van der Waals surface area contributed by atoms with E-state index < -0.39 is 0 Å². The van der Waals surface area contributed by atoms with E-state index in [0.717, 1.165) is 5.56 Å². The Hall–Kier alpha value is -1.51. The molecule has 0 spiro atoms. The first kappa shape index (κ1) is 10.6. The molecule has 0 aliphatic carbocycles. The summed E-state index contributed by atoms with van der Waals surface area (Å²) < 4.78 is 4.92. The summed E-state index contributed by atoms with van der Waals surface area (Å²) in [7, 11) is 1.43. The van der Waals surface area contributed by atoms with Crippen LogP contribution in [0.4, 0.5) is 0 Å². The van der Waals surface area contributed by atoms with Gasteiger partial charge in [-0.1, -0.05) is 13.8 Å². The molecule has 3 nitrogen and oxygen atoms in total. The summed E-state index contributed by atoms with van der Waals surface area (Å²) in [5.74, 6) is 0.524. The summed E-state index contributed by atoms with van der Waals surface area (Å²) in [5, 5.41) is 9.57. The van der Waals surface area contributed by atoms with E-state index in [2.05, 4.69) is 0 Å². The lowest BCUT2D eigenvalue weighted by atomic mass is 10.00. The van der Waals surface area contributed by atoms with Gasteiger partial charge in [-0.05, 0) is 23.6 Å². The van der Waals surface area contributed by atoms with Gasteiger partial charge in [-0.2, -0.15) is 0 Å². The van der Waals surface area contributed by atoms with Gasteiger partial charge in [0.25, 0.3) is 0 Å². The van der Waals surface area contributed by atoms with E-state index in [-0.39, 0.29) is 17.4 Å². The Kier molecular flexibility index (Phi) is 3.12. The molecule has 0 atom stereocenters. The highest BCUT2D eigenvalue weighted by atomic mass is 16.5.